The van der Waals surface area contributed by atoms with Crippen LogP contribution in [0.5, 0.6) is 0 Å². The number of benzene rings is 4. The van der Waals surface area contributed by atoms with Gasteiger partial charge in [0, 0.05) is 31.7 Å². The lowest BCUT2D eigenvalue weighted by Crippen LogP contribution is -2.38. The van der Waals surface area contributed by atoms with Crippen molar-refractivity contribution in [1.29, 1.82) is 0 Å². The van der Waals surface area contributed by atoms with Crippen LogP contribution >= 0.6 is 0 Å². The molecule has 0 unspecified atom stereocenters. The number of amides is 1. The average Bonchev–Trinajstić information content (AvgIpc) is 3.40. The number of anilines is 1. The van der Waals surface area contributed by atoms with Gasteiger partial charge < -0.3 is 5.32 Å². The Morgan fingerprint density at radius 2 is 1.27 bits per heavy atom. The maximum atomic E-state index is 13.3. The van der Waals surface area contributed by atoms with E-state index >= 15 is 0 Å². The summed E-state index contributed by atoms with van der Waals surface area (Å²) in [6.45, 7) is 3.55. The van der Waals surface area contributed by atoms with Crippen molar-refractivity contribution in [1.82, 2.24) is 14.8 Å². The second kappa shape index (κ2) is 12.5. The predicted octanol–water partition coefficient (Wildman–Crippen LogP) is 7.54. The first-order chi connectivity index (χ1) is 21.5. The van der Waals surface area contributed by atoms with Crippen molar-refractivity contribution in [3.05, 3.63) is 162 Å². The Balaban J connectivity index is 1.54. The Labute approximate surface area is 257 Å². The number of aromatic nitrogens is 3. The molecule has 0 saturated carbocycles. The van der Waals surface area contributed by atoms with E-state index in [2.05, 4.69) is 65.8 Å². The van der Waals surface area contributed by atoms with Crippen molar-refractivity contribution < 1.29 is 9.59 Å². The number of hydrogen-bond acceptors (Lipinski definition) is 4. The minimum atomic E-state index is -0.900. The molecule has 1 N–H and O–H groups in total. The predicted molar refractivity (Wildman–Crippen MR) is 175 cm³/mol. The van der Waals surface area contributed by atoms with Gasteiger partial charge in [-0.1, -0.05) is 128 Å². The summed E-state index contributed by atoms with van der Waals surface area (Å²) in [6.07, 6.45) is 2.34. The third-order valence-corrected chi connectivity index (χ3v) is 8.09. The van der Waals surface area contributed by atoms with Crippen LogP contribution in [0.4, 0.5) is 5.82 Å². The molecule has 4 aromatic carbocycles. The Morgan fingerprint density at radius 1 is 0.773 bits per heavy atom. The monoisotopic (exact) mass is 578 g/mol. The van der Waals surface area contributed by atoms with Crippen LogP contribution in [0, 0.1) is 0 Å². The Bertz CT molecular complexity index is 1790. The number of Topliss-reactive ketones (excluding diaryl/α,β-unsaturated/α-hetero) is 1. The molecule has 0 bridgehead atoms. The average molecular weight is 579 g/mol. The highest BCUT2D eigenvalue weighted by molar-refractivity contribution is 5.99. The molecule has 0 radical (unpaired) electrons. The zero-order valence-corrected chi connectivity index (χ0v) is 24.9. The van der Waals surface area contributed by atoms with Crippen molar-refractivity contribution in [3.8, 4) is 0 Å². The zero-order valence-electron chi connectivity index (χ0n) is 24.9. The lowest BCUT2D eigenvalue weighted by molar-refractivity contribution is -0.118. The van der Waals surface area contributed by atoms with Gasteiger partial charge in [0.15, 0.2) is 5.82 Å². The molecular formula is C38H34N4O2. The fourth-order valence-corrected chi connectivity index (χ4v) is 6.08. The van der Waals surface area contributed by atoms with E-state index in [1.807, 2.05) is 83.5 Å². The number of rotatable bonds is 10. The molecule has 6 aromatic rings. The Hall–Kier alpha value is -5.36. The second-order valence-electron chi connectivity index (χ2n) is 11.2. The molecule has 0 fully saturated rings. The number of carbonyl (C=O) groups excluding carboxylic acids is 2. The first-order valence-electron chi connectivity index (χ1n) is 14.9. The van der Waals surface area contributed by atoms with E-state index in [9.17, 15) is 9.59 Å². The highest BCUT2D eigenvalue weighted by Gasteiger charge is 2.41. The molecule has 0 aliphatic carbocycles. The molecule has 2 aromatic heterocycles. The molecule has 44 heavy (non-hydrogen) atoms. The maximum Gasteiger partial charge on any atom is 0.222 e. The van der Waals surface area contributed by atoms with Gasteiger partial charge in [-0.2, -0.15) is 5.10 Å². The molecule has 2 heterocycles. The second-order valence-corrected chi connectivity index (χ2v) is 11.2. The number of ketones is 1. The Kier molecular flexibility index (Phi) is 8.15. The van der Waals surface area contributed by atoms with Crippen LogP contribution in [0.25, 0.3) is 10.9 Å². The molecule has 0 saturated heterocycles. The first kappa shape index (κ1) is 28.7. The molecule has 6 rings (SSSR count). The van der Waals surface area contributed by atoms with Crippen LogP contribution in [-0.2, 0) is 21.5 Å². The lowest BCUT2D eigenvalue weighted by Gasteiger charge is -2.37. The quantitative estimate of drug-likeness (QED) is 0.170. The van der Waals surface area contributed by atoms with E-state index in [1.54, 1.807) is 6.20 Å². The van der Waals surface area contributed by atoms with E-state index in [4.69, 9.17) is 5.10 Å². The number of pyridine rings is 1. The first-order valence-corrected chi connectivity index (χ1v) is 14.9. The van der Waals surface area contributed by atoms with Gasteiger partial charge in [-0.15, -0.1) is 0 Å². The third-order valence-electron chi connectivity index (χ3n) is 8.09. The van der Waals surface area contributed by atoms with Crippen LogP contribution in [-0.4, -0.2) is 26.5 Å². The minimum absolute atomic E-state index is 0.103. The minimum Gasteiger partial charge on any atom is -0.309 e. The summed E-state index contributed by atoms with van der Waals surface area (Å²) in [5.74, 6) is 0.409. The topological polar surface area (TPSA) is 76.9 Å². The van der Waals surface area contributed by atoms with Gasteiger partial charge in [0.05, 0.1) is 10.9 Å². The molecule has 0 spiro atoms. The summed E-state index contributed by atoms with van der Waals surface area (Å²) in [7, 11) is 0. The number of nitrogens with one attached hydrogen (secondary N) is 1. The van der Waals surface area contributed by atoms with Gasteiger partial charge in [-0.05, 0) is 34.2 Å². The number of nitrogens with zero attached hydrogens (tertiary/aromatic N) is 3. The number of fused-ring (bicyclic) bond motifs is 1. The molecular weight excluding hydrogens is 544 g/mol. The zero-order chi connectivity index (χ0) is 30.5. The van der Waals surface area contributed by atoms with Crippen molar-refractivity contribution in [2.24, 2.45) is 0 Å². The van der Waals surface area contributed by atoms with Crippen molar-refractivity contribution in [2.75, 3.05) is 5.32 Å². The molecule has 218 valence electrons. The number of hydrogen-bond donors (Lipinski definition) is 1. The third kappa shape index (κ3) is 5.54. The molecule has 6 heteroatoms. The fourth-order valence-electron chi connectivity index (χ4n) is 6.08. The largest absolute Gasteiger partial charge is 0.309 e. The smallest absolute Gasteiger partial charge is 0.222 e. The van der Waals surface area contributed by atoms with Gasteiger partial charge in [0.2, 0.25) is 5.91 Å². The van der Waals surface area contributed by atoms with E-state index in [0.717, 1.165) is 27.8 Å². The molecule has 0 aliphatic heterocycles. The van der Waals surface area contributed by atoms with Crippen LogP contribution in [0.15, 0.2) is 134 Å². The molecule has 1 atom stereocenters. The van der Waals surface area contributed by atoms with Crippen molar-refractivity contribution in [2.45, 2.75) is 38.1 Å². The summed E-state index contributed by atoms with van der Waals surface area (Å²) < 4.78 is 1.98. The van der Waals surface area contributed by atoms with Gasteiger partial charge in [0.1, 0.15) is 11.3 Å². The van der Waals surface area contributed by atoms with E-state index < -0.39 is 5.54 Å². The number of carbonyl (C=O) groups is 2. The van der Waals surface area contributed by atoms with Crippen LogP contribution in [0.3, 0.4) is 0 Å². The highest BCUT2D eigenvalue weighted by atomic mass is 16.1. The standard InChI is InChI=1S/C38H34N4O2/c1-27(29-15-7-3-8-16-29)23-34(44)24-33-25-36-35(26-39-33)37(40-28(2)43)41-42(36)38(30-17-9-4-10-18-30,31-19-11-5-12-20-31)32-21-13-6-14-22-32/h3-22,25-27H,23-24H2,1-2H3,(H,40,41,43)/t27-/m0/s1. The van der Waals surface area contributed by atoms with E-state index in [-0.39, 0.29) is 24.0 Å². The SMILES string of the molecule is CC(=O)Nc1nn(C(c2ccccc2)(c2ccccc2)c2ccccc2)c2cc(CC(=O)C[C@H](C)c3ccccc3)ncc12. The summed E-state index contributed by atoms with van der Waals surface area (Å²) in [6, 6.07) is 42.8. The van der Waals surface area contributed by atoms with E-state index in [0.29, 0.717) is 23.3 Å². The summed E-state index contributed by atoms with van der Waals surface area (Å²) in [5, 5.41) is 8.72. The lowest BCUT2D eigenvalue weighted by atomic mass is 9.77. The molecule has 1 amide bonds. The van der Waals surface area contributed by atoms with Crippen LogP contribution < -0.4 is 5.32 Å². The summed E-state index contributed by atoms with van der Waals surface area (Å²) >= 11 is 0. The van der Waals surface area contributed by atoms with Crippen LogP contribution in [0.2, 0.25) is 0 Å². The van der Waals surface area contributed by atoms with Gasteiger partial charge in [-0.3, -0.25) is 14.6 Å². The van der Waals surface area contributed by atoms with Gasteiger partial charge in [-0.25, -0.2) is 4.68 Å². The summed E-state index contributed by atoms with van der Waals surface area (Å²) in [4.78, 5) is 30.3. The Morgan fingerprint density at radius 3 is 1.77 bits per heavy atom. The van der Waals surface area contributed by atoms with Gasteiger partial charge >= 0.3 is 0 Å². The highest BCUT2D eigenvalue weighted by Crippen LogP contribution is 2.43. The molecule has 6 nitrogen and oxygen atoms in total. The van der Waals surface area contributed by atoms with E-state index in [1.165, 1.54) is 6.92 Å². The maximum absolute atomic E-state index is 13.3. The summed E-state index contributed by atoms with van der Waals surface area (Å²) in [5.41, 5.74) is 4.66. The molecule has 0 aliphatic rings. The van der Waals surface area contributed by atoms with Crippen molar-refractivity contribution in [3.63, 3.8) is 0 Å². The van der Waals surface area contributed by atoms with Gasteiger partial charge in [0.25, 0.3) is 0 Å². The normalized spacial score (nSPS) is 12.1. The van der Waals surface area contributed by atoms with Crippen molar-refractivity contribution >= 4 is 28.4 Å². The van der Waals surface area contributed by atoms with Crippen LogP contribution in [0.1, 0.15) is 54.1 Å². The fraction of sp³-hybridized carbons (Fsp3) is 0.158.